The minimum absolute atomic E-state index is 0.00580. The summed E-state index contributed by atoms with van der Waals surface area (Å²) in [6, 6.07) is -0.839. The molecule has 0 saturated heterocycles. The Hall–Kier alpha value is -4.16. The van der Waals surface area contributed by atoms with Crippen LogP contribution in [0, 0.1) is 5.92 Å². The van der Waals surface area contributed by atoms with Gasteiger partial charge >= 0.3 is 0 Å². The van der Waals surface area contributed by atoms with Gasteiger partial charge < -0.3 is 36.7 Å². The first kappa shape index (κ1) is 27.4. The van der Waals surface area contributed by atoms with E-state index in [-0.39, 0.29) is 25.3 Å². The first-order valence-electron chi connectivity index (χ1n) is 12.1. The second-order valence-corrected chi connectivity index (χ2v) is 9.19. The van der Waals surface area contributed by atoms with Gasteiger partial charge in [0, 0.05) is 25.1 Å². The van der Waals surface area contributed by atoms with Gasteiger partial charge in [-0.25, -0.2) is 0 Å². The largest absolute Gasteiger partial charge is 0.469 e. The highest BCUT2D eigenvalue weighted by molar-refractivity contribution is 6.00. The summed E-state index contributed by atoms with van der Waals surface area (Å²) in [4.78, 5) is 75.1. The van der Waals surface area contributed by atoms with Crippen LogP contribution in [0.15, 0.2) is 35.0 Å². The number of hydrogen-bond acceptors (Lipinski definition) is 7. The Bertz CT molecular complexity index is 1050. The van der Waals surface area contributed by atoms with Gasteiger partial charge in [-0.2, -0.15) is 0 Å². The predicted octanol–water partition coefficient (Wildman–Crippen LogP) is -1.86. The van der Waals surface area contributed by atoms with E-state index in [0.717, 1.165) is 25.0 Å². The van der Waals surface area contributed by atoms with Crippen molar-refractivity contribution in [2.75, 3.05) is 6.54 Å². The number of primary amides is 1. The van der Waals surface area contributed by atoms with Gasteiger partial charge in [-0.3, -0.25) is 28.8 Å². The van der Waals surface area contributed by atoms with Crippen LogP contribution in [0.1, 0.15) is 38.4 Å². The van der Waals surface area contributed by atoms with Gasteiger partial charge in [-0.05, 0) is 37.8 Å². The second kappa shape index (κ2) is 12.7. The Morgan fingerprint density at radius 2 is 1.59 bits per heavy atom. The van der Waals surface area contributed by atoms with Gasteiger partial charge in [0.15, 0.2) is 0 Å². The smallest absolute Gasteiger partial charge is 0.244 e. The maximum atomic E-state index is 13.2. The molecule has 13 heteroatoms. The van der Waals surface area contributed by atoms with Crippen LogP contribution in [-0.2, 0) is 35.2 Å². The summed E-state index contributed by atoms with van der Waals surface area (Å²) in [5.41, 5.74) is 5.33. The highest BCUT2D eigenvalue weighted by Gasteiger charge is 2.33. The minimum Gasteiger partial charge on any atom is -0.469 e. The molecular formula is C24H32N6O7. The summed E-state index contributed by atoms with van der Waals surface area (Å²) in [6.45, 7) is 1.44. The number of rotatable bonds is 5. The first-order valence-corrected chi connectivity index (χ1v) is 12.1. The maximum Gasteiger partial charge on any atom is 0.244 e. The zero-order chi connectivity index (χ0) is 26.9. The van der Waals surface area contributed by atoms with Crippen molar-refractivity contribution in [2.45, 2.75) is 63.2 Å². The summed E-state index contributed by atoms with van der Waals surface area (Å²) in [6.07, 6.45) is 5.50. The molecule has 1 saturated carbocycles. The fraction of sp³-hybridized carbons (Fsp3) is 0.500. The van der Waals surface area contributed by atoms with E-state index in [1.54, 1.807) is 12.1 Å². The van der Waals surface area contributed by atoms with Crippen LogP contribution < -0.4 is 32.3 Å². The van der Waals surface area contributed by atoms with Crippen LogP contribution in [0.5, 0.6) is 0 Å². The topological polar surface area (TPSA) is 202 Å². The number of nitrogens with two attached hydrogens (primary N) is 1. The molecule has 1 fully saturated rings. The molecule has 3 rings (SSSR count). The lowest BCUT2D eigenvalue weighted by Gasteiger charge is -2.24. The highest BCUT2D eigenvalue weighted by atomic mass is 16.3. The minimum atomic E-state index is -1.10. The molecule has 200 valence electrons. The van der Waals surface area contributed by atoms with E-state index in [4.69, 9.17) is 10.2 Å². The first-order chi connectivity index (χ1) is 17.6. The standard InChI is InChI=1S/C24H32N6O7/c1-13-22(34)26-9-8-16(21(25)33)28-19(31)6-7-20(32)29-17(11-14-4-5-14)24(36)30-18(23(35)27-13)12-15-3-2-10-37-15/h2-3,6-7,10,13-14,16-18H,4-5,8-9,11-12H2,1H3,(H2,25,33)(H,26,34)(H,27,35)(H,28,31)(H,29,32)(H,30,36)/b7-6-/t13-,16-,17-,18-/m0/s1. The average molecular weight is 517 g/mol. The molecule has 4 atom stereocenters. The summed E-state index contributed by atoms with van der Waals surface area (Å²) >= 11 is 0. The third-order valence-electron chi connectivity index (χ3n) is 6.05. The van der Waals surface area contributed by atoms with Gasteiger partial charge in [0.2, 0.25) is 35.4 Å². The lowest BCUT2D eigenvalue weighted by atomic mass is 10.1. The van der Waals surface area contributed by atoms with Crippen molar-refractivity contribution in [2.24, 2.45) is 11.7 Å². The van der Waals surface area contributed by atoms with Crippen LogP contribution in [0.25, 0.3) is 0 Å². The van der Waals surface area contributed by atoms with Crippen molar-refractivity contribution < 1.29 is 33.2 Å². The summed E-state index contributed by atoms with van der Waals surface area (Å²) in [7, 11) is 0. The van der Waals surface area contributed by atoms with E-state index in [9.17, 15) is 28.8 Å². The molecular weight excluding hydrogens is 484 g/mol. The van der Waals surface area contributed by atoms with Crippen molar-refractivity contribution in [3.8, 4) is 0 Å². The number of amides is 6. The molecule has 1 aromatic heterocycles. The molecule has 0 spiro atoms. The predicted molar refractivity (Wildman–Crippen MR) is 129 cm³/mol. The van der Waals surface area contributed by atoms with Crippen LogP contribution in [-0.4, -0.2) is 66.2 Å². The lowest BCUT2D eigenvalue weighted by Crippen LogP contribution is -2.57. The van der Waals surface area contributed by atoms with Gasteiger partial charge in [-0.15, -0.1) is 0 Å². The zero-order valence-corrected chi connectivity index (χ0v) is 20.5. The van der Waals surface area contributed by atoms with Crippen LogP contribution >= 0.6 is 0 Å². The Balaban J connectivity index is 1.84. The molecule has 1 aromatic rings. The number of furan rings is 1. The fourth-order valence-corrected chi connectivity index (χ4v) is 3.78. The molecule has 1 aliphatic heterocycles. The Labute approximate surface area is 213 Å². The van der Waals surface area contributed by atoms with Gasteiger partial charge in [0.25, 0.3) is 0 Å². The molecule has 2 heterocycles. The molecule has 13 nitrogen and oxygen atoms in total. The third-order valence-corrected chi connectivity index (χ3v) is 6.05. The van der Waals surface area contributed by atoms with E-state index in [0.29, 0.717) is 12.2 Å². The zero-order valence-electron chi connectivity index (χ0n) is 20.5. The van der Waals surface area contributed by atoms with E-state index in [1.165, 1.54) is 13.2 Å². The third kappa shape index (κ3) is 8.78. The van der Waals surface area contributed by atoms with Crippen LogP contribution in [0.2, 0.25) is 0 Å². The van der Waals surface area contributed by atoms with Gasteiger partial charge in [0.05, 0.1) is 6.26 Å². The number of carbonyl (C=O) groups excluding carboxylic acids is 6. The molecule has 0 unspecified atom stereocenters. The highest BCUT2D eigenvalue weighted by Crippen LogP contribution is 2.33. The summed E-state index contributed by atoms with van der Waals surface area (Å²) in [5, 5.41) is 12.8. The molecule has 7 N–H and O–H groups in total. The van der Waals surface area contributed by atoms with E-state index in [1.807, 2.05) is 0 Å². The van der Waals surface area contributed by atoms with Crippen molar-refractivity contribution in [3.63, 3.8) is 0 Å². The monoisotopic (exact) mass is 516 g/mol. The molecule has 2 aliphatic rings. The summed E-state index contributed by atoms with van der Waals surface area (Å²) in [5.74, 6) is -3.31. The molecule has 1 aliphatic carbocycles. The average Bonchev–Trinajstić information content (AvgIpc) is 3.51. The SMILES string of the molecule is C[C@@H]1NC(=O)[C@H](Cc2ccco2)NC(=O)[C@H](CC2CC2)NC(=O)/C=C\C(=O)N[C@H](C(N)=O)CCNC1=O. The van der Waals surface area contributed by atoms with Gasteiger partial charge in [0.1, 0.15) is 29.9 Å². The molecule has 0 aromatic carbocycles. The Kier molecular flexibility index (Phi) is 9.41. The quantitative estimate of drug-likeness (QED) is 0.263. The normalized spacial score (nSPS) is 27.4. The molecule has 37 heavy (non-hydrogen) atoms. The lowest BCUT2D eigenvalue weighted by molar-refractivity contribution is -0.133. The number of carbonyl (C=O) groups is 6. The van der Waals surface area contributed by atoms with Crippen molar-refractivity contribution in [3.05, 3.63) is 36.3 Å². The van der Waals surface area contributed by atoms with E-state index in [2.05, 4.69) is 26.6 Å². The second-order valence-electron chi connectivity index (χ2n) is 9.19. The van der Waals surface area contributed by atoms with E-state index < -0.39 is 59.6 Å². The van der Waals surface area contributed by atoms with Gasteiger partial charge in [-0.1, -0.05) is 12.8 Å². The van der Waals surface area contributed by atoms with Crippen LogP contribution in [0.3, 0.4) is 0 Å². The molecule has 0 bridgehead atoms. The van der Waals surface area contributed by atoms with E-state index >= 15 is 0 Å². The molecule has 0 radical (unpaired) electrons. The molecule has 6 amide bonds. The van der Waals surface area contributed by atoms with Crippen LogP contribution in [0.4, 0.5) is 0 Å². The van der Waals surface area contributed by atoms with Crippen molar-refractivity contribution in [1.29, 1.82) is 0 Å². The number of nitrogens with one attached hydrogen (secondary N) is 5. The number of hydrogen-bond donors (Lipinski definition) is 6. The summed E-state index contributed by atoms with van der Waals surface area (Å²) < 4.78 is 5.33. The Morgan fingerprint density at radius 1 is 0.919 bits per heavy atom. The maximum absolute atomic E-state index is 13.2. The fourth-order valence-electron chi connectivity index (χ4n) is 3.78. The Morgan fingerprint density at radius 3 is 2.22 bits per heavy atom. The van der Waals surface area contributed by atoms with Crippen molar-refractivity contribution in [1.82, 2.24) is 26.6 Å². The van der Waals surface area contributed by atoms with Crippen molar-refractivity contribution >= 4 is 35.4 Å².